The van der Waals surface area contributed by atoms with Gasteiger partial charge in [0.15, 0.2) is 11.6 Å². The summed E-state index contributed by atoms with van der Waals surface area (Å²) >= 11 is 5.88. The van der Waals surface area contributed by atoms with E-state index >= 15 is 0 Å². The molecule has 1 aromatic carbocycles. The first-order chi connectivity index (χ1) is 13.8. The van der Waals surface area contributed by atoms with E-state index in [1.165, 1.54) is 23.2 Å². The second-order valence-electron chi connectivity index (χ2n) is 6.38. The third kappa shape index (κ3) is 3.51. The van der Waals surface area contributed by atoms with E-state index in [2.05, 4.69) is 15.2 Å². The van der Waals surface area contributed by atoms with Crippen molar-refractivity contribution in [2.45, 2.75) is 19.3 Å². The van der Waals surface area contributed by atoms with Crippen LogP contribution >= 0.6 is 11.6 Å². The molecule has 0 fully saturated rings. The summed E-state index contributed by atoms with van der Waals surface area (Å²) in [5.74, 6) is 0.350. The zero-order valence-electron chi connectivity index (χ0n) is 14.7. The van der Waals surface area contributed by atoms with Gasteiger partial charge >= 0.3 is 6.18 Å². The van der Waals surface area contributed by atoms with Crippen molar-refractivity contribution in [2.24, 2.45) is 0 Å². The van der Waals surface area contributed by atoms with Crippen molar-refractivity contribution >= 4 is 17.5 Å². The lowest BCUT2D eigenvalue weighted by Gasteiger charge is -2.28. The number of alkyl halides is 3. The molecule has 4 rings (SSSR count). The number of benzene rings is 1. The number of hydrogen-bond donors (Lipinski definition) is 1. The van der Waals surface area contributed by atoms with Crippen molar-refractivity contribution in [3.63, 3.8) is 0 Å². The van der Waals surface area contributed by atoms with Crippen molar-refractivity contribution in [3.8, 4) is 17.3 Å². The molecular formula is C18H13ClF3N5O2. The zero-order chi connectivity index (χ0) is 20.8. The molecule has 1 aliphatic heterocycles. The number of amides is 1. The van der Waals surface area contributed by atoms with Gasteiger partial charge in [0.2, 0.25) is 0 Å². The summed E-state index contributed by atoms with van der Waals surface area (Å²) in [6.45, 7) is 0.639. The number of carbonyl (C=O) groups excluding carboxylic acids is 1. The summed E-state index contributed by atoms with van der Waals surface area (Å²) < 4.78 is 41.0. The quantitative estimate of drug-likeness (QED) is 0.683. The van der Waals surface area contributed by atoms with Gasteiger partial charge in [-0.3, -0.25) is 4.79 Å². The first-order valence-corrected chi connectivity index (χ1v) is 8.86. The molecule has 0 aliphatic carbocycles. The molecule has 0 unspecified atom stereocenters. The molecule has 11 heteroatoms. The summed E-state index contributed by atoms with van der Waals surface area (Å²) in [5, 5.41) is 16.9. The first kappa shape index (κ1) is 19.2. The predicted octanol–water partition coefficient (Wildman–Crippen LogP) is 3.37. The number of aromatic nitrogens is 4. The van der Waals surface area contributed by atoms with E-state index in [-0.39, 0.29) is 24.4 Å². The smallest absolute Gasteiger partial charge is 0.417 e. The fraction of sp³-hybridized carbons (Fsp3) is 0.222. The molecule has 0 spiro atoms. The van der Waals surface area contributed by atoms with E-state index in [4.69, 9.17) is 11.6 Å². The van der Waals surface area contributed by atoms with Crippen LogP contribution in [-0.2, 0) is 19.3 Å². The summed E-state index contributed by atoms with van der Waals surface area (Å²) in [6.07, 6.45) is -3.37. The number of pyridine rings is 1. The standard InChI is InChI=1S/C18H13ClF3N5O2/c19-15-11(2-1-3-12(15)18(20,21)22)17(29)26-6-7-27-14(9-26)24-25-16(27)13-5-4-10(28)8-23-13/h1-5,8,28H,6-7,9H2. The van der Waals surface area contributed by atoms with Crippen LogP contribution in [0.2, 0.25) is 5.02 Å². The van der Waals surface area contributed by atoms with Gasteiger partial charge in [0.1, 0.15) is 11.4 Å². The van der Waals surface area contributed by atoms with Crippen LogP contribution < -0.4 is 0 Å². The van der Waals surface area contributed by atoms with Crippen LogP contribution in [0.3, 0.4) is 0 Å². The Bertz CT molecular complexity index is 1080. The predicted molar refractivity (Wildman–Crippen MR) is 96.1 cm³/mol. The van der Waals surface area contributed by atoms with Gasteiger partial charge in [-0.1, -0.05) is 17.7 Å². The maximum absolute atomic E-state index is 13.1. The molecule has 0 saturated heterocycles. The minimum atomic E-state index is -4.65. The fourth-order valence-corrected chi connectivity index (χ4v) is 3.44. The molecule has 0 radical (unpaired) electrons. The van der Waals surface area contributed by atoms with Gasteiger partial charge in [-0.15, -0.1) is 10.2 Å². The summed E-state index contributed by atoms with van der Waals surface area (Å²) in [6, 6.07) is 6.32. The normalized spacial score (nSPS) is 14.0. The summed E-state index contributed by atoms with van der Waals surface area (Å²) in [5.41, 5.74) is -0.761. The minimum absolute atomic E-state index is 0.0156. The lowest BCUT2D eigenvalue weighted by atomic mass is 10.1. The van der Waals surface area contributed by atoms with Gasteiger partial charge < -0.3 is 14.6 Å². The monoisotopic (exact) mass is 423 g/mol. The van der Waals surface area contributed by atoms with Crippen molar-refractivity contribution in [1.82, 2.24) is 24.6 Å². The van der Waals surface area contributed by atoms with Crippen LogP contribution in [-0.4, -0.2) is 42.2 Å². The van der Waals surface area contributed by atoms with Crippen molar-refractivity contribution in [1.29, 1.82) is 0 Å². The molecule has 29 heavy (non-hydrogen) atoms. The Morgan fingerprint density at radius 3 is 2.62 bits per heavy atom. The second kappa shape index (κ2) is 7.03. The molecule has 0 atom stereocenters. The Morgan fingerprint density at radius 1 is 1.14 bits per heavy atom. The Hall–Kier alpha value is -3.14. The van der Waals surface area contributed by atoms with Crippen LogP contribution in [0, 0.1) is 0 Å². The Morgan fingerprint density at radius 2 is 1.93 bits per heavy atom. The molecule has 7 nitrogen and oxygen atoms in total. The molecule has 2 aromatic heterocycles. The Kier molecular flexibility index (Phi) is 4.65. The molecule has 0 bridgehead atoms. The number of aromatic hydroxyl groups is 1. The van der Waals surface area contributed by atoms with Gasteiger partial charge in [-0.25, -0.2) is 4.98 Å². The number of nitrogens with zero attached hydrogens (tertiary/aromatic N) is 5. The summed E-state index contributed by atoms with van der Waals surface area (Å²) in [4.78, 5) is 18.3. The number of fused-ring (bicyclic) bond motifs is 1. The van der Waals surface area contributed by atoms with Crippen LogP contribution in [0.4, 0.5) is 13.2 Å². The lowest BCUT2D eigenvalue weighted by molar-refractivity contribution is -0.137. The van der Waals surface area contributed by atoms with Crippen LogP contribution in [0.1, 0.15) is 21.7 Å². The average Bonchev–Trinajstić information content (AvgIpc) is 3.10. The maximum Gasteiger partial charge on any atom is 0.417 e. The van der Waals surface area contributed by atoms with Gasteiger partial charge in [0.05, 0.1) is 28.9 Å². The van der Waals surface area contributed by atoms with Gasteiger partial charge in [-0.2, -0.15) is 13.2 Å². The minimum Gasteiger partial charge on any atom is -0.506 e. The molecule has 1 amide bonds. The van der Waals surface area contributed by atoms with Gasteiger partial charge in [0.25, 0.3) is 5.91 Å². The SMILES string of the molecule is O=C(c1cccc(C(F)(F)F)c1Cl)N1CCn2c(nnc2-c2ccc(O)cn2)C1. The molecule has 3 heterocycles. The van der Waals surface area contributed by atoms with E-state index in [9.17, 15) is 23.1 Å². The molecule has 150 valence electrons. The van der Waals surface area contributed by atoms with Gasteiger partial charge in [0, 0.05) is 13.1 Å². The Balaban J connectivity index is 1.60. The van der Waals surface area contributed by atoms with Crippen LogP contribution in [0.25, 0.3) is 11.5 Å². The number of rotatable bonds is 2. The topological polar surface area (TPSA) is 84.1 Å². The van der Waals surface area contributed by atoms with Crippen molar-refractivity contribution in [3.05, 3.63) is 58.5 Å². The summed E-state index contributed by atoms with van der Waals surface area (Å²) in [7, 11) is 0. The van der Waals surface area contributed by atoms with Crippen molar-refractivity contribution < 1.29 is 23.1 Å². The van der Waals surface area contributed by atoms with E-state index in [1.807, 2.05) is 0 Å². The highest BCUT2D eigenvalue weighted by Gasteiger charge is 2.36. The first-order valence-electron chi connectivity index (χ1n) is 8.48. The van der Waals surface area contributed by atoms with Crippen LogP contribution in [0.15, 0.2) is 36.5 Å². The van der Waals surface area contributed by atoms with Crippen LogP contribution in [0.5, 0.6) is 5.75 Å². The number of halogens is 4. The molecule has 1 N–H and O–H groups in total. The van der Waals surface area contributed by atoms with Crippen molar-refractivity contribution in [2.75, 3.05) is 6.54 Å². The third-order valence-corrected chi connectivity index (χ3v) is 4.96. The largest absolute Gasteiger partial charge is 0.506 e. The average molecular weight is 424 g/mol. The second-order valence-corrected chi connectivity index (χ2v) is 6.76. The maximum atomic E-state index is 13.1. The van der Waals surface area contributed by atoms with E-state index in [0.29, 0.717) is 23.9 Å². The van der Waals surface area contributed by atoms with E-state index < -0.39 is 22.7 Å². The number of carbonyl (C=O) groups is 1. The van der Waals surface area contributed by atoms with E-state index in [0.717, 1.165) is 12.1 Å². The van der Waals surface area contributed by atoms with Gasteiger partial charge in [-0.05, 0) is 24.3 Å². The highest BCUT2D eigenvalue weighted by atomic mass is 35.5. The van der Waals surface area contributed by atoms with E-state index in [1.54, 1.807) is 10.6 Å². The number of hydrogen-bond acceptors (Lipinski definition) is 5. The zero-order valence-corrected chi connectivity index (χ0v) is 15.4. The highest BCUT2D eigenvalue weighted by molar-refractivity contribution is 6.34. The molecule has 1 aliphatic rings. The third-order valence-electron chi connectivity index (χ3n) is 4.55. The fourth-order valence-electron chi connectivity index (χ4n) is 3.13. The molecule has 3 aromatic rings. The molecular weight excluding hydrogens is 411 g/mol. The lowest BCUT2D eigenvalue weighted by Crippen LogP contribution is -2.38. The highest BCUT2D eigenvalue weighted by Crippen LogP contribution is 2.36. The molecule has 0 saturated carbocycles. The Labute approximate surface area is 167 Å².